The molecule has 2 aliphatic rings. The van der Waals surface area contributed by atoms with E-state index in [1.54, 1.807) is 42.3 Å². The molecule has 27 heavy (non-hydrogen) atoms. The average Bonchev–Trinajstić information content (AvgIpc) is 3.27. The summed E-state index contributed by atoms with van der Waals surface area (Å²) in [4.78, 5) is 28.0. The number of anilines is 2. The molecule has 1 spiro atoms. The van der Waals surface area contributed by atoms with Crippen LogP contribution < -0.4 is 9.80 Å². The average molecular weight is 366 g/mol. The van der Waals surface area contributed by atoms with Crippen LogP contribution in [-0.4, -0.2) is 25.4 Å². The molecule has 1 fully saturated rings. The zero-order valence-corrected chi connectivity index (χ0v) is 15.7. The fraction of sp³-hybridized carbons (Fsp3) is 0.364. The van der Waals surface area contributed by atoms with Crippen LogP contribution in [0.4, 0.5) is 15.8 Å². The predicted octanol–water partition coefficient (Wildman–Crippen LogP) is 4.28. The number of amides is 2. The molecule has 4 nitrogen and oxygen atoms in total. The van der Waals surface area contributed by atoms with Gasteiger partial charge in [0.1, 0.15) is 5.82 Å². The zero-order valence-electron chi connectivity index (χ0n) is 15.7. The molecular formula is C22H23FN2O2. The summed E-state index contributed by atoms with van der Waals surface area (Å²) < 4.78 is 14.7. The number of rotatable bonds is 2. The van der Waals surface area contributed by atoms with E-state index in [1.807, 2.05) is 6.07 Å². The standard InChI is InChI=1S/C22H23FN2O2/c1-15(26)24(2)17-10-8-16(9-11-17)21(27)25-14-22(12-3-4-13-22)20-18(23)6-5-7-19(20)25/h5-11H,3-4,12-14H2,1-2H3. The monoisotopic (exact) mass is 366 g/mol. The lowest BCUT2D eigenvalue weighted by atomic mass is 9.80. The van der Waals surface area contributed by atoms with Crippen LogP contribution in [-0.2, 0) is 10.2 Å². The first-order valence-electron chi connectivity index (χ1n) is 9.38. The van der Waals surface area contributed by atoms with Crippen molar-refractivity contribution < 1.29 is 14.0 Å². The maximum Gasteiger partial charge on any atom is 0.258 e. The van der Waals surface area contributed by atoms with Crippen LogP contribution in [0, 0.1) is 5.82 Å². The van der Waals surface area contributed by atoms with Gasteiger partial charge in [-0.15, -0.1) is 0 Å². The predicted molar refractivity (Wildman–Crippen MR) is 104 cm³/mol. The molecule has 2 aromatic rings. The molecule has 1 aliphatic carbocycles. The van der Waals surface area contributed by atoms with Crippen LogP contribution in [0.15, 0.2) is 42.5 Å². The van der Waals surface area contributed by atoms with Gasteiger partial charge in [-0.25, -0.2) is 4.39 Å². The number of hydrogen-bond acceptors (Lipinski definition) is 2. The summed E-state index contributed by atoms with van der Waals surface area (Å²) in [7, 11) is 1.70. The van der Waals surface area contributed by atoms with E-state index in [1.165, 1.54) is 17.9 Å². The van der Waals surface area contributed by atoms with Gasteiger partial charge in [-0.3, -0.25) is 9.59 Å². The summed E-state index contributed by atoms with van der Waals surface area (Å²) >= 11 is 0. The van der Waals surface area contributed by atoms with Crippen molar-refractivity contribution in [1.82, 2.24) is 0 Å². The molecule has 0 radical (unpaired) electrons. The van der Waals surface area contributed by atoms with Gasteiger partial charge in [0.25, 0.3) is 5.91 Å². The summed E-state index contributed by atoms with van der Waals surface area (Å²) in [6, 6.07) is 12.0. The Hall–Kier alpha value is -2.69. The Morgan fingerprint density at radius 3 is 2.37 bits per heavy atom. The van der Waals surface area contributed by atoms with Crippen LogP contribution in [0.2, 0.25) is 0 Å². The van der Waals surface area contributed by atoms with Gasteiger partial charge >= 0.3 is 0 Å². The lowest BCUT2D eigenvalue weighted by Crippen LogP contribution is -2.35. The lowest BCUT2D eigenvalue weighted by molar-refractivity contribution is -0.116. The van der Waals surface area contributed by atoms with Crippen LogP contribution in [0.1, 0.15) is 48.5 Å². The fourth-order valence-electron chi connectivity index (χ4n) is 4.54. The smallest absolute Gasteiger partial charge is 0.258 e. The van der Waals surface area contributed by atoms with E-state index in [0.717, 1.165) is 31.4 Å². The van der Waals surface area contributed by atoms with Crippen molar-refractivity contribution in [2.24, 2.45) is 0 Å². The molecule has 1 heterocycles. The second kappa shape index (κ2) is 6.48. The fourth-order valence-corrected chi connectivity index (χ4v) is 4.54. The molecule has 140 valence electrons. The van der Waals surface area contributed by atoms with Gasteiger partial charge in [-0.05, 0) is 49.2 Å². The normalized spacial score (nSPS) is 17.2. The number of carbonyl (C=O) groups is 2. The molecule has 4 rings (SSSR count). The van der Waals surface area contributed by atoms with E-state index < -0.39 is 0 Å². The highest BCUT2D eigenvalue weighted by Crippen LogP contribution is 2.51. The Kier molecular flexibility index (Phi) is 4.25. The first-order valence-corrected chi connectivity index (χ1v) is 9.38. The first-order chi connectivity index (χ1) is 12.9. The van der Waals surface area contributed by atoms with Crippen molar-refractivity contribution in [3.8, 4) is 0 Å². The molecular weight excluding hydrogens is 343 g/mol. The largest absolute Gasteiger partial charge is 0.316 e. The summed E-state index contributed by atoms with van der Waals surface area (Å²) in [6.45, 7) is 2.03. The Morgan fingerprint density at radius 2 is 1.74 bits per heavy atom. The van der Waals surface area contributed by atoms with Crippen LogP contribution in [0.25, 0.3) is 0 Å². The van der Waals surface area contributed by atoms with Gasteiger partial charge in [0.2, 0.25) is 5.91 Å². The van der Waals surface area contributed by atoms with Crippen molar-refractivity contribution in [1.29, 1.82) is 0 Å². The summed E-state index contributed by atoms with van der Waals surface area (Å²) in [5.74, 6) is -0.396. The Balaban J connectivity index is 1.67. The number of nitrogens with zero attached hydrogens (tertiary/aromatic N) is 2. The molecule has 1 saturated carbocycles. The number of carbonyl (C=O) groups excluding carboxylic acids is 2. The highest BCUT2D eigenvalue weighted by Gasteiger charge is 2.48. The molecule has 0 N–H and O–H groups in total. The molecule has 5 heteroatoms. The zero-order chi connectivity index (χ0) is 19.2. The van der Waals surface area contributed by atoms with Gasteiger partial charge < -0.3 is 9.80 Å². The van der Waals surface area contributed by atoms with Crippen molar-refractivity contribution in [2.45, 2.75) is 38.0 Å². The molecule has 0 aromatic heterocycles. The maximum absolute atomic E-state index is 14.7. The molecule has 0 atom stereocenters. The summed E-state index contributed by atoms with van der Waals surface area (Å²) in [5, 5.41) is 0. The van der Waals surface area contributed by atoms with Gasteiger partial charge in [-0.2, -0.15) is 0 Å². The Labute approximate surface area is 158 Å². The molecule has 1 aliphatic heterocycles. The third-order valence-electron chi connectivity index (χ3n) is 6.05. The van der Waals surface area contributed by atoms with Gasteiger partial charge in [-0.1, -0.05) is 18.9 Å². The third-order valence-corrected chi connectivity index (χ3v) is 6.05. The van der Waals surface area contributed by atoms with E-state index in [9.17, 15) is 14.0 Å². The molecule has 0 saturated heterocycles. The van der Waals surface area contributed by atoms with E-state index >= 15 is 0 Å². The maximum atomic E-state index is 14.7. The minimum absolute atomic E-state index is 0.0683. The van der Waals surface area contributed by atoms with Crippen LogP contribution in [0.5, 0.6) is 0 Å². The SMILES string of the molecule is CC(=O)N(C)c1ccc(C(=O)N2CC3(CCCC3)c3c(F)cccc32)cc1. The highest BCUT2D eigenvalue weighted by molar-refractivity contribution is 6.08. The minimum Gasteiger partial charge on any atom is -0.316 e. The van der Waals surface area contributed by atoms with E-state index in [0.29, 0.717) is 23.4 Å². The Morgan fingerprint density at radius 1 is 1.07 bits per heavy atom. The summed E-state index contributed by atoms with van der Waals surface area (Å²) in [5.41, 5.74) is 2.45. The molecule has 2 aromatic carbocycles. The topological polar surface area (TPSA) is 40.6 Å². The lowest BCUT2D eigenvalue weighted by Gasteiger charge is -2.25. The van der Waals surface area contributed by atoms with Gasteiger partial charge in [0.05, 0.1) is 5.69 Å². The van der Waals surface area contributed by atoms with Crippen molar-refractivity contribution >= 4 is 23.2 Å². The first kappa shape index (κ1) is 17.7. The second-order valence-corrected chi connectivity index (χ2v) is 7.64. The van der Waals surface area contributed by atoms with E-state index in [-0.39, 0.29) is 23.0 Å². The van der Waals surface area contributed by atoms with Crippen molar-refractivity contribution in [3.63, 3.8) is 0 Å². The van der Waals surface area contributed by atoms with E-state index in [2.05, 4.69) is 0 Å². The number of halogens is 1. The van der Waals surface area contributed by atoms with Crippen LogP contribution >= 0.6 is 0 Å². The number of hydrogen-bond donors (Lipinski definition) is 0. The van der Waals surface area contributed by atoms with Gasteiger partial charge in [0, 0.05) is 42.7 Å². The van der Waals surface area contributed by atoms with Crippen molar-refractivity contribution in [2.75, 3.05) is 23.4 Å². The van der Waals surface area contributed by atoms with Crippen molar-refractivity contribution in [3.05, 3.63) is 59.4 Å². The second-order valence-electron chi connectivity index (χ2n) is 7.64. The number of fused-ring (bicyclic) bond motifs is 2. The highest BCUT2D eigenvalue weighted by atomic mass is 19.1. The Bertz CT molecular complexity index is 901. The van der Waals surface area contributed by atoms with E-state index in [4.69, 9.17) is 0 Å². The minimum atomic E-state index is -0.245. The van der Waals surface area contributed by atoms with Gasteiger partial charge in [0.15, 0.2) is 0 Å². The van der Waals surface area contributed by atoms with Crippen LogP contribution in [0.3, 0.4) is 0 Å². The third kappa shape index (κ3) is 2.82. The molecule has 2 amide bonds. The quantitative estimate of drug-likeness (QED) is 0.796. The molecule has 0 unspecified atom stereocenters. The summed E-state index contributed by atoms with van der Waals surface area (Å²) in [6.07, 6.45) is 3.99. The molecule has 0 bridgehead atoms. The number of benzene rings is 2.